The zero-order valence-electron chi connectivity index (χ0n) is 11.7. The summed E-state index contributed by atoms with van der Waals surface area (Å²) in [5, 5.41) is 8.78. The molecular formula is C15H20N2O2S. The van der Waals surface area contributed by atoms with Gasteiger partial charge in [0.1, 0.15) is 9.84 Å². The monoisotopic (exact) mass is 292 g/mol. The molecule has 0 amide bonds. The van der Waals surface area contributed by atoms with Crippen LogP contribution in [0.5, 0.6) is 0 Å². The molecule has 0 N–H and O–H groups in total. The molecule has 1 saturated heterocycles. The molecule has 1 aliphatic rings. The minimum absolute atomic E-state index is 0.247. The highest BCUT2D eigenvalue weighted by molar-refractivity contribution is 7.90. The molecule has 1 fully saturated rings. The smallest absolute Gasteiger partial charge is 0.147 e. The molecule has 1 aromatic carbocycles. The zero-order chi connectivity index (χ0) is 14.6. The maximum atomic E-state index is 11.4. The number of nitrogens with zero attached hydrogens (tertiary/aromatic N) is 2. The van der Waals surface area contributed by atoms with Gasteiger partial charge in [0.05, 0.1) is 17.4 Å². The third-order valence-corrected chi connectivity index (χ3v) is 4.71. The van der Waals surface area contributed by atoms with Crippen molar-refractivity contribution in [3.05, 3.63) is 35.4 Å². The van der Waals surface area contributed by atoms with Crippen molar-refractivity contribution >= 4 is 9.84 Å². The highest BCUT2D eigenvalue weighted by Gasteiger charge is 2.23. The van der Waals surface area contributed by atoms with Gasteiger partial charge in [-0.1, -0.05) is 12.1 Å². The Kier molecular flexibility index (Phi) is 4.79. The summed E-state index contributed by atoms with van der Waals surface area (Å²) in [5.41, 5.74) is 1.84. The Bertz CT molecular complexity index is 587. The fourth-order valence-electron chi connectivity index (χ4n) is 2.80. The van der Waals surface area contributed by atoms with Gasteiger partial charge in [0.15, 0.2) is 0 Å². The number of benzene rings is 1. The number of hydrogen-bond donors (Lipinski definition) is 0. The van der Waals surface area contributed by atoms with E-state index in [0.717, 1.165) is 32.5 Å². The lowest BCUT2D eigenvalue weighted by molar-refractivity contribution is 0.178. The van der Waals surface area contributed by atoms with E-state index in [1.807, 2.05) is 24.3 Å². The summed E-state index contributed by atoms with van der Waals surface area (Å²) in [5.74, 6) is 0.536. The lowest BCUT2D eigenvalue weighted by Crippen LogP contribution is -2.37. The van der Waals surface area contributed by atoms with Gasteiger partial charge in [-0.3, -0.25) is 4.90 Å². The molecule has 2 rings (SSSR count). The van der Waals surface area contributed by atoms with Crippen molar-refractivity contribution in [1.82, 2.24) is 4.90 Å². The molecule has 0 unspecified atom stereocenters. The molecule has 0 bridgehead atoms. The summed E-state index contributed by atoms with van der Waals surface area (Å²) in [6.07, 6.45) is 3.36. The average molecular weight is 292 g/mol. The molecule has 108 valence electrons. The highest BCUT2D eigenvalue weighted by Crippen LogP contribution is 2.20. The van der Waals surface area contributed by atoms with Crippen LogP contribution < -0.4 is 0 Å². The van der Waals surface area contributed by atoms with Gasteiger partial charge < -0.3 is 0 Å². The van der Waals surface area contributed by atoms with E-state index in [1.54, 1.807) is 0 Å². The van der Waals surface area contributed by atoms with E-state index in [0.29, 0.717) is 5.56 Å². The lowest BCUT2D eigenvalue weighted by Gasteiger charge is -2.32. The second-order valence-electron chi connectivity index (χ2n) is 5.64. The maximum absolute atomic E-state index is 11.4. The minimum Gasteiger partial charge on any atom is -0.299 e. The van der Waals surface area contributed by atoms with E-state index in [-0.39, 0.29) is 11.7 Å². The Morgan fingerprint density at radius 2 is 2.05 bits per heavy atom. The number of sulfone groups is 1. The van der Waals surface area contributed by atoms with Crippen LogP contribution in [0, 0.1) is 17.2 Å². The van der Waals surface area contributed by atoms with E-state index < -0.39 is 9.84 Å². The standard InChI is InChI=1S/C15H20N2O2S/c1-20(18,19)12-15-3-2-8-17(11-15)10-14-6-4-13(9-16)5-7-14/h4-7,15H,2-3,8,10-12H2,1H3/t15-/m0/s1. The summed E-state index contributed by atoms with van der Waals surface area (Å²) in [7, 11) is -2.89. The number of nitriles is 1. The molecule has 0 spiro atoms. The molecule has 0 saturated carbocycles. The summed E-state index contributed by atoms with van der Waals surface area (Å²) in [6, 6.07) is 9.71. The summed E-state index contributed by atoms with van der Waals surface area (Å²) in [4.78, 5) is 2.31. The van der Waals surface area contributed by atoms with Crippen molar-refractivity contribution < 1.29 is 8.42 Å². The highest BCUT2D eigenvalue weighted by atomic mass is 32.2. The number of likely N-dealkylation sites (tertiary alicyclic amines) is 1. The van der Waals surface area contributed by atoms with E-state index >= 15 is 0 Å². The van der Waals surface area contributed by atoms with Crippen molar-refractivity contribution in [2.24, 2.45) is 5.92 Å². The van der Waals surface area contributed by atoms with Crippen LogP contribution in [0.1, 0.15) is 24.0 Å². The van der Waals surface area contributed by atoms with Crippen LogP contribution >= 0.6 is 0 Å². The average Bonchev–Trinajstić information content (AvgIpc) is 2.38. The van der Waals surface area contributed by atoms with Crippen molar-refractivity contribution in [3.8, 4) is 6.07 Å². The van der Waals surface area contributed by atoms with Crippen molar-refractivity contribution in [3.63, 3.8) is 0 Å². The SMILES string of the molecule is CS(=O)(=O)C[C@H]1CCCN(Cc2ccc(C#N)cc2)C1. The third kappa shape index (κ3) is 4.62. The first-order valence-corrected chi connectivity index (χ1v) is 8.91. The normalized spacial score (nSPS) is 20.5. The molecule has 1 atom stereocenters. The number of rotatable bonds is 4. The molecule has 5 heteroatoms. The second-order valence-corrected chi connectivity index (χ2v) is 7.83. The Morgan fingerprint density at radius 1 is 1.35 bits per heavy atom. The maximum Gasteiger partial charge on any atom is 0.147 e. The minimum atomic E-state index is -2.89. The van der Waals surface area contributed by atoms with Gasteiger partial charge in [-0.15, -0.1) is 0 Å². The van der Waals surface area contributed by atoms with Crippen LogP contribution in [0.3, 0.4) is 0 Å². The molecule has 1 aromatic rings. The first-order valence-electron chi connectivity index (χ1n) is 6.85. The van der Waals surface area contributed by atoms with Gasteiger partial charge in [0.25, 0.3) is 0 Å². The molecule has 1 heterocycles. The van der Waals surface area contributed by atoms with Gasteiger partial charge in [-0.25, -0.2) is 8.42 Å². The topological polar surface area (TPSA) is 61.2 Å². The number of piperidine rings is 1. The molecule has 20 heavy (non-hydrogen) atoms. The quantitative estimate of drug-likeness (QED) is 0.849. The summed E-state index contributed by atoms with van der Waals surface area (Å²) < 4.78 is 22.8. The van der Waals surface area contributed by atoms with E-state index in [4.69, 9.17) is 5.26 Å². The van der Waals surface area contributed by atoms with Crippen LogP contribution in [0.4, 0.5) is 0 Å². The predicted octanol–water partition coefficient (Wildman–Crippen LogP) is 1.81. The first kappa shape index (κ1) is 15.0. The van der Waals surface area contributed by atoms with Crippen molar-refractivity contribution in [2.45, 2.75) is 19.4 Å². The molecule has 4 nitrogen and oxygen atoms in total. The number of hydrogen-bond acceptors (Lipinski definition) is 4. The molecule has 0 radical (unpaired) electrons. The van der Waals surface area contributed by atoms with Gasteiger partial charge >= 0.3 is 0 Å². The fourth-order valence-corrected chi connectivity index (χ4v) is 3.93. The van der Waals surface area contributed by atoms with Crippen LogP contribution in [0.2, 0.25) is 0 Å². The fraction of sp³-hybridized carbons (Fsp3) is 0.533. The second kappa shape index (κ2) is 6.38. The first-order chi connectivity index (χ1) is 9.46. The van der Waals surface area contributed by atoms with E-state index in [2.05, 4.69) is 11.0 Å². The van der Waals surface area contributed by atoms with Gasteiger partial charge in [0, 0.05) is 19.3 Å². The molecule has 0 aromatic heterocycles. The van der Waals surface area contributed by atoms with Crippen molar-refractivity contribution in [1.29, 1.82) is 5.26 Å². The predicted molar refractivity (Wildman–Crippen MR) is 78.9 cm³/mol. The Labute approximate surface area is 120 Å². The summed E-state index contributed by atoms with van der Waals surface area (Å²) in [6.45, 7) is 2.68. The summed E-state index contributed by atoms with van der Waals surface area (Å²) >= 11 is 0. The third-order valence-electron chi connectivity index (χ3n) is 3.63. The largest absolute Gasteiger partial charge is 0.299 e. The zero-order valence-corrected chi connectivity index (χ0v) is 12.6. The van der Waals surface area contributed by atoms with E-state index in [1.165, 1.54) is 11.8 Å². The van der Waals surface area contributed by atoms with Crippen molar-refractivity contribution in [2.75, 3.05) is 25.1 Å². The van der Waals surface area contributed by atoms with Gasteiger partial charge in [-0.05, 0) is 43.0 Å². The molecule has 1 aliphatic heterocycles. The Balaban J connectivity index is 1.94. The van der Waals surface area contributed by atoms with Gasteiger partial charge in [-0.2, -0.15) is 5.26 Å². The molecule has 0 aliphatic carbocycles. The lowest BCUT2D eigenvalue weighted by atomic mass is 9.99. The van der Waals surface area contributed by atoms with E-state index in [9.17, 15) is 8.42 Å². The van der Waals surface area contributed by atoms with Crippen LogP contribution in [-0.2, 0) is 16.4 Å². The molecular weight excluding hydrogens is 272 g/mol. The Hall–Kier alpha value is -1.38. The van der Waals surface area contributed by atoms with Crippen LogP contribution in [-0.4, -0.2) is 38.4 Å². The van der Waals surface area contributed by atoms with Crippen LogP contribution in [0.25, 0.3) is 0 Å². The van der Waals surface area contributed by atoms with Crippen LogP contribution in [0.15, 0.2) is 24.3 Å². The Morgan fingerprint density at radius 3 is 2.65 bits per heavy atom. The van der Waals surface area contributed by atoms with Gasteiger partial charge in [0.2, 0.25) is 0 Å².